The third-order valence-corrected chi connectivity index (χ3v) is 5.17. The summed E-state index contributed by atoms with van der Waals surface area (Å²) in [5.41, 5.74) is 0.243. The fourth-order valence-corrected chi connectivity index (χ4v) is 3.46. The summed E-state index contributed by atoms with van der Waals surface area (Å²) in [6.45, 7) is 0.592. The van der Waals surface area contributed by atoms with Gasteiger partial charge >= 0.3 is 5.97 Å². The molecule has 154 valence electrons. The molecule has 1 aromatic carbocycles. The minimum Gasteiger partial charge on any atom is -0.493 e. The highest BCUT2D eigenvalue weighted by atomic mass is 35.5. The summed E-state index contributed by atoms with van der Waals surface area (Å²) in [5.74, 6) is 0.354. The van der Waals surface area contributed by atoms with Crippen LogP contribution in [0.15, 0.2) is 24.3 Å². The molecule has 1 rings (SSSR count). The lowest BCUT2D eigenvalue weighted by Gasteiger charge is -2.08. The summed E-state index contributed by atoms with van der Waals surface area (Å²) in [7, 11) is 0. The van der Waals surface area contributed by atoms with E-state index in [-0.39, 0.29) is 5.56 Å². The predicted molar refractivity (Wildman–Crippen MR) is 114 cm³/mol. The number of alkyl halides is 1. The number of unbranched alkanes of at least 4 members (excludes halogenated alkanes) is 13. The first-order chi connectivity index (χ1) is 13.3. The van der Waals surface area contributed by atoms with E-state index in [1.807, 2.05) is 6.07 Å². The summed E-state index contributed by atoms with van der Waals surface area (Å²) in [6, 6.07) is 6.84. The van der Waals surface area contributed by atoms with Crippen LogP contribution in [0.3, 0.4) is 0 Å². The van der Waals surface area contributed by atoms with Gasteiger partial charge in [-0.3, -0.25) is 0 Å². The van der Waals surface area contributed by atoms with Crippen LogP contribution >= 0.6 is 11.6 Å². The van der Waals surface area contributed by atoms with Gasteiger partial charge in [0, 0.05) is 5.88 Å². The number of carboxylic acids is 1. The third kappa shape index (κ3) is 12.7. The van der Waals surface area contributed by atoms with Crippen LogP contribution in [-0.4, -0.2) is 23.6 Å². The monoisotopic (exact) mass is 396 g/mol. The smallest absolute Gasteiger partial charge is 0.339 e. The summed E-state index contributed by atoms with van der Waals surface area (Å²) in [6.07, 6.45) is 18.1. The molecule has 0 radical (unpaired) electrons. The first-order valence-corrected chi connectivity index (χ1v) is 11.3. The van der Waals surface area contributed by atoms with Gasteiger partial charge in [-0.25, -0.2) is 4.79 Å². The van der Waals surface area contributed by atoms with Gasteiger partial charge in [0.15, 0.2) is 0 Å². The fraction of sp³-hybridized carbons (Fsp3) is 0.696. The number of aromatic carboxylic acids is 1. The number of hydrogen-bond acceptors (Lipinski definition) is 2. The number of carboxylic acid groups (broad SMARTS) is 1. The van der Waals surface area contributed by atoms with Crippen molar-refractivity contribution in [1.29, 1.82) is 0 Å². The van der Waals surface area contributed by atoms with Crippen LogP contribution in [0.5, 0.6) is 5.75 Å². The topological polar surface area (TPSA) is 46.5 Å². The SMILES string of the molecule is O=C(O)c1ccccc1OCCCCCCCCCCCCCCCCCl. The maximum absolute atomic E-state index is 11.1. The van der Waals surface area contributed by atoms with E-state index < -0.39 is 5.97 Å². The largest absolute Gasteiger partial charge is 0.493 e. The van der Waals surface area contributed by atoms with Crippen LogP contribution in [-0.2, 0) is 0 Å². The Hall–Kier alpha value is -1.22. The molecule has 0 heterocycles. The van der Waals surface area contributed by atoms with E-state index in [2.05, 4.69) is 0 Å². The molecule has 0 atom stereocenters. The van der Waals surface area contributed by atoms with E-state index in [0.29, 0.717) is 12.4 Å². The summed E-state index contributed by atoms with van der Waals surface area (Å²) in [5, 5.41) is 9.12. The zero-order valence-corrected chi connectivity index (χ0v) is 17.5. The van der Waals surface area contributed by atoms with E-state index in [1.165, 1.54) is 77.0 Å². The van der Waals surface area contributed by atoms with Crippen molar-refractivity contribution in [2.24, 2.45) is 0 Å². The van der Waals surface area contributed by atoms with Crippen LogP contribution in [0, 0.1) is 0 Å². The van der Waals surface area contributed by atoms with E-state index in [1.54, 1.807) is 18.2 Å². The van der Waals surface area contributed by atoms with Gasteiger partial charge in [0.05, 0.1) is 6.61 Å². The van der Waals surface area contributed by atoms with E-state index in [0.717, 1.165) is 18.7 Å². The maximum Gasteiger partial charge on any atom is 0.339 e. The summed E-state index contributed by atoms with van der Waals surface area (Å²) >= 11 is 5.68. The number of halogens is 1. The maximum atomic E-state index is 11.1. The van der Waals surface area contributed by atoms with Gasteiger partial charge in [0.2, 0.25) is 0 Å². The molecule has 0 saturated carbocycles. The quantitative estimate of drug-likeness (QED) is 0.207. The van der Waals surface area contributed by atoms with Crippen molar-refractivity contribution in [3.8, 4) is 5.75 Å². The number of carbonyl (C=O) groups is 1. The average molecular weight is 397 g/mol. The minimum absolute atomic E-state index is 0.243. The Balaban J connectivity index is 1.85. The fourth-order valence-electron chi connectivity index (χ4n) is 3.27. The van der Waals surface area contributed by atoms with Gasteiger partial charge in [0.1, 0.15) is 11.3 Å². The minimum atomic E-state index is -0.933. The summed E-state index contributed by atoms with van der Waals surface area (Å²) < 4.78 is 5.62. The lowest BCUT2D eigenvalue weighted by molar-refractivity contribution is 0.0692. The first kappa shape index (κ1) is 23.8. The lowest BCUT2D eigenvalue weighted by atomic mass is 10.0. The Morgan fingerprint density at radius 1 is 0.741 bits per heavy atom. The number of ether oxygens (including phenoxy) is 1. The molecule has 0 amide bonds. The Morgan fingerprint density at radius 3 is 1.67 bits per heavy atom. The van der Waals surface area contributed by atoms with Gasteiger partial charge in [-0.2, -0.15) is 0 Å². The van der Waals surface area contributed by atoms with E-state index >= 15 is 0 Å². The number of benzene rings is 1. The molecule has 27 heavy (non-hydrogen) atoms. The Labute approximate surface area is 170 Å². The number of hydrogen-bond donors (Lipinski definition) is 1. The molecule has 0 aliphatic rings. The van der Waals surface area contributed by atoms with Crippen LogP contribution in [0.25, 0.3) is 0 Å². The second kappa shape index (κ2) is 16.9. The first-order valence-electron chi connectivity index (χ1n) is 10.8. The Bertz CT molecular complexity index is 490. The van der Waals surface area contributed by atoms with Crippen molar-refractivity contribution in [2.45, 2.75) is 89.9 Å². The normalized spacial score (nSPS) is 10.9. The molecular weight excluding hydrogens is 360 g/mol. The summed E-state index contributed by atoms with van der Waals surface area (Å²) in [4.78, 5) is 11.1. The molecule has 1 N–H and O–H groups in total. The highest BCUT2D eigenvalue weighted by Crippen LogP contribution is 2.18. The predicted octanol–water partition coefficient (Wildman–Crippen LogP) is 7.46. The van der Waals surface area contributed by atoms with Gasteiger partial charge in [-0.15, -0.1) is 11.6 Å². The molecule has 0 fully saturated rings. The highest BCUT2D eigenvalue weighted by Gasteiger charge is 2.09. The van der Waals surface area contributed by atoms with E-state index in [4.69, 9.17) is 21.4 Å². The molecule has 0 aliphatic carbocycles. The molecule has 0 unspecified atom stereocenters. The average Bonchev–Trinajstić information content (AvgIpc) is 2.68. The molecule has 0 aliphatic heterocycles. The molecule has 0 aromatic heterocycles. The molecule has 3 nitrogen and oxygen atoms in total. The van der Waals surface area contributed by atoms with Crippen LogP contribution in [0.2, 0.25) is 0 Å². The second-order valence-electron chi connectivity index (χ2n) is 7.29. The highest BCUT2D eigenvalue weighted by molar-refractivity contribution is 6.17. The molecule has 4 heteroatoms. The standard InChI is InChI=1S/C23H37ClO3/c24-19-15-11-9-7-5-3-1-2-4-6-8-10-12-16-20-27-22-18-14-13-17-21(22)23(25)26/h13-14,17-18H,1-12,15-16,19-20H2,(H,25,26). The van der Waals surface area contributed by atoms with Gasteiger partial charge in [-0.05, 0) is 25.0 Å². The Morgan fingerprint density at radius 2 is 1.19 bits per heavy atom. The van der Waals surface area contributed by atoms with Crippen molar-refractivity contribution in [3.05, 3.63) is 29.8 Å². The zero-order chi connectivity index (χ0) is 19.6. The molecule has 0 bridgehead atoms. The van der Waals surface area contributed by atoms with Gasteiger partial charge < -0.3 is 9.84 Å². The molecule has 0 saturated heterocycles. The van der Waals surface area contributed by atoms with Gasteiger partial charge in [0.25, 0.3) is 0 Å². The molecular formula is C23H37ClO3. The van der Waals surface area contributed by atoms with Crippen LogP contribution in [0.4, 0.5) is 0 Å². The van der Waals surface area contributed by atoms with Crippen molar-refractivity contribution in [2.75, 3.05) is 12.5 Å². The van der Waals surface area contributed by atoms with Crippen molar-refractivity contribution >= 4 is 17.6 Å². The zero-order valence-electron chi connectivity index (χ0n) is 16.8. The number of rotatable bonds is 18. The van der Waals surface area contributed by atoms with E-state index in [9.17, 15) is 4.79 Å². The molecule has 0 spiro atoms. The van der Waals surface area contributed by atoms with Crippen molar-refractivity contribution < 1.29 is 14.6 Å². The lowest BCUT2D eigenvalue weighted by Crippen LogP contribution is -2.04. The van der Waals surface area contributed by atoms with Crippen LogP contribution in [0.1, 0.15) is 100 Å². The Kier molecular flexibility index (Phi) is 14.9. The third-order valence-electron chi connectivity index (χ3n) is 4.90. The second-order valence-corrected chi connectivity index (χ2v) is 7.67. The molecule has 1 aromatic rings. The van der Waals surface area contributed by atoms with Crippen molar-refractivity contribution in [1.82, 2.24) is 0 Å². The number of para-hydroxylation sites is 1. The van der Waals surface area contributed by atoms with Crippen molar-refractivity contribution in [3.63, 3.8) is 0 Å². The van der Waals surface area contributed by atoms with Crippen LogP contribution < -0.4 is 4.74 Å². The van der Waals surface area contributed by atoms with Gasteiger partial charge in [-0.1, -0.05) is 89.2 Å².